The number of aryl methyl sites for hydroxylation is 2. The van der Waals surface area contributed by atoms with Gasteiger partial charge in [0.15, 0.2) is 0 Å². The maximum absolute atomic E-state index is 11.9. The van der Waals surface area contributed by atoms with Gasteiger partial charge in [0, 0.05) is 46.9 Å². The summed E-state index contributed by atoms with van der Waals surface area (Å²) >= 11 is 1.85. The molecule has 164 valence electrons. The van der Waals surface area contributed by atoms with Crippen LogP contribution in [0.4, 0.5) is 0 Å². The van der Waals surface area contributed by atoms with Gasteiger partial charge >= 0.3 is 0 Å². The zero-order valence-electron chi connectivity index (χ0n) is 19.0. The van der Waals surface area contributed by atoms with Gasteiger partial charge in [-0.3, -0.25) is 9.78 Å². The molecule has 3 aromatic rings. The maximum atomic E-state index is 11.9. The topological polar surface area (TPSA) is 39.2 Å². The van der Waals surface area contributed by atoms with Crippen LogP contribution in [-0.4, -0.2) is 16.5 Å². The summed E-state index contributed by atoms with van der Waals surface area (Å²) in [6.07, 6.45) is 5.25. The van der Waals surface area contributed by atoms with Crippen molar-refractivity contribution in [3.05, 3.63) is 76.6 Å². The lowest BCUT2D eigenvalue weighted by Gasteiger charge is -2.18. The molecule has 0 radical (unpaired) electrons. The first-order chi connectivity index (χ1) is 15.5. The van der Waals surface area contributed by atoms with E-state index in [-0.39, 0.29) is 6.10 Å². The normalized spacial score (nSPS) is 19.0. The van der Waals surface area contributed by atoms with Crippen LogP contribution in [-0.2, 0) is 11.2 Å². The Morgan fingerprint density at radius 3 is 2.84 bits per heavy atom. The van der Waals surface area contributed by atoms with Gasteiger partial charge in [0.2, 0.25) is 0 Å². The first-order valence-corrected chi connectivity index (χ1v) is 12.5. The maximum Gasteiger partial charge on any atom is 0.133 e. The summed E-state index contributed by atoms with van der Waals surface area (Å²) in [5.74, 6) is 2.61. The van der Waals surface area contributed by atoms with Crippen molar-refractivity contribution in [2.75, 3.05) is 5.75 Å². The number of hydrogen-bond donors (Lipinski definition) is 0. The summed E-state index contributed by atoms with van der Waals surface area (Å²) in [6.45, 7) is 6.20. The number of nitrogens with zero attached hydrogens (tertiary/aromatic N) is 1. The molecule has 2 unspecified atom stereocenters. The van der Waals surface area contributed by atoms with Crippen LogP contribution in [0.15, 0.2) is 53.6 Å². The van der Waals surface area contributed by atoms with Gasteiger partial charge in [0.05, 0.1) is 0 Å². The Bertz CT molecular complexity index is 1170. The van der Waals surface area contributed by atoms with E-state index in [9.17, 15) is 4.79 Å². The number of carbonyl (C=O) groups is 1. The highest BCUT2D eigenvalue weighted by Gasteiger charge is 2.29. The number of fused-ring (bicyclic) bond motifs is 2. The molecule has 4 heteroatoms. The van der Waals surface area contributed by atoms with Crippen LogP contribution >= 0.6 is 11.8 Å². The number of benzene rings is 2. The van der Waals surface area contributed by atoms with E-state index in [1.54, 1.807) is 0 Å². The zero-order chi connectivity index (χ0) is 22.2. The fraction of sp³-hybridized carbons (Fsp3) is 0.357. The minimum Gasteiger partial charge on any atom is -0.486 e. The second kappa shape index (κ2) is 8.74. The molecule has 0 fully saturated rings. The molecule has 2 atom stereocenters. The van der Waals surface area contributed by atoms with Gasteiger partial charge in [-0.05, 0) is 72.7 Å². The number of carbonyl (C=O) groups excluding carboxylic acids is 1. The molecule has 5 rings (SSSR count). The van der Waals surface area contributed by atoms with Gasteiger partial charge < -0.3 is 4.74 Å². The van der Waals surface area contributed by atoms with Crippen LogP contribution < -0.4 is 4.74 Å². The Balaban J connectivity index is 1.39. The highest BCUT2D eigenvalue weighted by molar-refractivity contribution is 7.99. The van der Waals surface area contributed by atoms with Crippen LogP contribution in [0.1, 0.15) is 66.2 Å². The Morgan fingerprint density at radius 2 is 2.03 bits per heavy atom. The summed E-state index contributed by atoms with van der Waals surface area (Å²) in [4.78, 5) is 17.7. The summed E-state index contributed by atoms with van der Waals surface area (Å²) < 4.78 is 6.52. The van der Waals surface area contributed by atoms with Crippen LogP contribution in [0.2, 0.25) is 0 Å². The second-order valence-electron chi connectivity index (χ2n) is 8.91. The van der Waals surface area contributed by atoms with Crippen LogP contribution in [0.25, 0.3) is 11.1 Å². The van der Waals surface area contributed by atoms with Crippen molar-refractivity contribution in [1.82, 2.24) is 4.98 Å². The van der Waals surface area contributed by atoms with Crippen molar-refractivity contribution in [1.29, 1.82) is 0 Å². The van der Waals surface area contributed by atoms with Gasteiger partial charge in [-0.15, -0.1) is 11.8 Å². The fourth-order valence-electron chi connectivity index (χ4n) is 5.16. The van der Waals surface area contributed by atoms with E-state index in [2.05, 4.69) is 61.3 Å². The smallest absolute Gasteiger partial charge is 0.133 e. The molecule has 1 aliphatic heterocycles. The van der Waals surface area contributed by atoms with Gasteiger partial charge in [0.25, 0.3) is 0 Å². The molecular weight excluding hydrogens is 414 g/mol. The van der Waals surface area contributed by atoms with Crippen molar-refractivity contribution in [2.24, 2.45) is 0 Å². The predicted octanol–water partition coefficient (Wildman–Crippen LogP) is 6.99. The number of thioether (sulfide) groups is 1. The number of hydrogen-bond acceptors (Lipinski definition) is 4. The van der Waals surface area contributed by atoms with E-state index >= 15 is 0 Å². The van der Waals surface area contributed by atoms with E-state index < -0.39 is 0 Å². The van der Waals surface area contributed by atoms with E-state index in [4.69, 9.17) is 4.74 Å². The molecule has 1 aromatic heterocycles. The average Bonchev–Trinajstić information content (AvgIpc) is 3.38. The van der Waals surface area contributed by atoms with E-state index in [1.165, 1.54) is 38.3 Å². The number of aromatic nitrogens is 1. The largest absolute Gasteiger partial charge is 0.486 e. The number of pyridine rings is 1. The minimum absolute atomic E-state index is 0.0733. The number of Topliss-reactive ketones (excluding diaryl/α,β-unsaturated/α-hetero) is 1. The minimum atomic E-state index is 0.0733. The van der Waals surface area contributed by atoms with Gasteiger partial charge in [0.1, 0.15) is 17.6 Å². The summed E-state index contributed by atoms with van der Waals surface area (Å²) in [6, 6.07) is 15.1. The standard InChI is InChI=1S/C28H29NO2S/c1-4-20(30)14-19-16-32-27-15-21(8-9-22(19)27)31-26-11-10-23-24(26)6-5-7-25(23)28-17(2)12-13-29-18(28)3/h5-9,12-13,15,19,26H,4,10-11,14,16H2,1-3H3. The van der Waals surface area contributed by atoms with Crippen LogP contribution in [0, 0.1) is 13.8 Å². The molecule has 0 spiro atoms. The molecule has 0 saturated heterocycles. The molecule has 0 saturated carbocycles. The summed E-state index contributed by atoms with van der Waals surface area (Å²) in [7, 11) is 0. The first kappa shape index (κ1) is 21.3. The molecule has 1 aliphatic carbocycles. The number of ether oxygens (including phenoxy) is 1. The summed E-state index contributed by atoms with van der Waals surface area (Å²) in [5.41, 5.74) is 8.89. The van der Waals surface area contributed by atoms with Crippen LogP contribution in [0.3, 0.4) is 0 Å². The lowest BCUT2D eigenvalue weighted by molar-refractivity contribution is -0.119. The Labute approximate surface area is 194 Å². The van der Waals surface area contributed by atoms with Gasteiger partial charge in [-0.25, -0.2) is 0 Å². The SMILES string of the molecule is CCC(=O)CC1CSc2cc(OC3CCc4c(-c5c(C)ccnc5C)cccc43)ccc21. The monoisotopic (exact) mass is 443 g/mol. The van der Waals surface area contributed by atoms with Crippen LogP contribution in [0.5, 0.6) is 5.75 Å². The molecule has 2 heterocycles. The lowest BCUT2D eigenvalue weighted by atomic mass is 9.93. The first-order valence-electron chi connectivity index (χ1n) is 11.5. The van der Waals surface area contributed by atoms with Crippen molar-refractivity contribution < 1.29 is 9.53 Å². The molecular formula is C28H29NO2S. The van der Waals surface area contributed by atoms with Crippen molar-refractivity contribution in [3.63, 3.8) is 0 Å². The lowest BCUT2D eigenvalue weighted by Crippen LogP contribution is -2.06. The van der Waals surface area contributed by atoms with Gasteiger partial charge in [-0.2, -0.15) is 0 Å². The average molecular weight is 444 g/mol. The highest BCUT2D eigenvalue weighted by atomic mass is 32.2. The molecule has 32 heavy (non-hydrogen) atoms. The Hall–Kier alpha value is -2.59. The van der Waals surface area contributed by atoms with Crippen molar-refractivity contribution in [2.45, 2.75) is 63.4 Å². The second-order valence-corrected chi connectivity index (χ2v) is 9.97. The van der Waals surface area contributed by atoms with E-state index in [1.807, 2.05) is 24.9 Å². The van der Waals surface area contributed by atoms with E-state index in [0.717, 1.165) is 30.0 Å². The highest BCUT2D eigenvalue weighted by Crippen LogP contribution is 2.45. The third-order valence-corrected chi connectivity index (χ3v) is 8.08. The quantitative estimate of drug-likeness (QED) is 0.411. The molecule has 3 nitrogen and oxygen atoms in total. The predicted molar refractivity (Wildman–Crippen MR) is 131 cm³/mol. The zero-order valence-corrected chi connectivity index (χ0v) is 19.8. The number of ketones is 1. The fourth-order valence-corrected chi connectivity index (χ4v) is 6.44. The molecule has 0 amide bonds. The molecule has 0 bridgehead atoms. The third kappa shape index (κ3) is 3.86. The Morgan fingerprint density at radius 1 is 1.16 bits per heavy atom. The third-order valence-electron chi connectivity index (χ3n) is 6.85. The number of rotatable bonds is 6. The van der Waals surface area contributed by atoms with Gasteiger partial charge in [-0.1, -0.05) is 31.2 Å². The molecule has 2 aromatic carbocycles. The van der Waals surface area contributed by atoms with E-state index in [0.29, 0.717) is 24.5 Å². The Kier molecular flexibility index (Phi) is 5.81. The molecule has 2 aliphatic rings. The van der Waals surface area contributed by atoms with Crippen molar-refractivity contribution in [3.8, 4) is 16.9 Å². The summed E-state index contributed by atoms with van der Waals surface area (Å²) in [5, 5.41) is 0. The van der Waals surface area contributed by atoms with Crippen molar-refractivity contribution >= 4 is 17.5 Å². The molecule has 0 N–H and O–H groups in total.